The van der Waals surface area contributed by atoms with Gasteiger partial charge in [0.15, 0.2) is 5.01 Å². The number of carbonyl (C=O) groups is 1. The van der Waals surface area contributed by atoms with Gasteiger partial charge in [-0.2, -0.15) is 0 Å². The van der Waals surface area contributed by atoms with Crippen LogP contribution < -0.4 is 0 Å². The molecule has 3 heteroatoms. The van der Waals surface area contributed by atoms with Gasteiger partial charge in [-0.1, -0.05) is 37.3 Å². The Bertz CT molecular complexity index is 285. The highest BCUT2D eigenvalue weighted by Gasteiger charge is 2.16. The van der Waals surface area contributed by atoms with Crippen molar-refractivity contribution in [1.29, 1.82) is 0 Å². The van der Waals surface area contributed by atoms with Crippen LogP contribution in [0.25, 0.3) is 0 Å². The molecule has 0 aliphatic rings. The Morgan fingerprint density at radius 3 is 2.64 bits per heavy atom. The van der Waals surface area contributed by atoms with Gasteiger partial charge in [0.25, 0.3) is 0 Å². The lowest BCUT2D eigenvalue weighted by molar-refractivity contribution is 0.0696. The topological polar surface area (TPSA) is 26.3 Å². The maximum atomic E-state index is 11.7. The number of hydrogen-bond acceptors (Lipinski definition) is 2. The molecule has 0 heterocycles. The molecule has 0 saturated heterocycles. The number of alkyl halides is 1. The molecule has 0 aliphatic carbocycles. The van der Waals surface area contributed by atoms with E-state index in [2.05, 4.69) is 15.9 Å². The van der Waals surface area contributed by atoms with Crippen molar-refractivity contribution in [2.75, 3.05) is 6.61 Å². The van der Waals surface area contributed by atoms with Crippen LogP contribution in [-0.2, 0) is 4.74 Å². The van der Waals surface area contributed by atoms with Crippen LogP contribution >= 0.6 is 15.9 Å². The monoisotopic (exact) mass is 256 g/mol. The molecule has 0 spiro atoms. The highest BCUT2D eigenvalue weighted by atomic mass is 79.9. The summed E-state index contributed by atoms with van der Waals surface area (Å²) < 4.78 is 5.27. The number of benzene rings is 1. The molecular formula is C11H13BrO2. The Balaban J connectivity index is 2.57. The first-order chi connectivity index (χ1) is 6.75. The molecule has 1 aromatic carbocycles. The number of carbonyl (C=O) groups excluding carboxylic acids is 1. The predicted molar refractivity (Wildman–Crippen MR) is 59.7 cm³/mol. The Morgan fingerprint density at radius 2 is 2.07 bits per heavy atom. The van der Waals surface area contributed by atoms with E-state index in [1.165, 1.54) is 0 Å². The third kappa shape index (κ3) is 3.24. The minimum Gasteiger partial charge on any atom is -0.359 e. The van der Waals surface area contributed by atoms with Crippen molar-refractivity contribution in [3.63, 3.8) is 0 Å². The zero-order valence-corrected chi connectivity index (χ0v) is 9.66. The predicted octanol–water partition coefficient (Wildman–Crippen LogP) is 3.02. The van der Waals surface area contributed by atoms with Gasteiger partial charge in [-0.3, -0.25) is 4.79 Å². The number of hydrogen-bond donors (Lipinski definition) is 0. The molecular weight excluding hydrogens is 244 g/mol. The summed E-state index contributed by atoms with van der Waals surface area (Å²) in [5, 5.41) is -0.523. The van der Waals surface area contributed by atoms with Crippen LogP contribution in [0.2, 0.25) is 0 Å². The molecule has 14 heavy (non-hydrogen) atoms. The van der Waals surface area contributed by atoms with Crippen LogP contribution in [0.4, 0.5) is 0 Å². The van der Waals surface area contributed by atoms with Gasteiger partial charge < -0.3 is 4.74 Å². The number of Topliss-reactive ketones (excluding diaryl/α,β-unsaturated/α-hetero) is 1. The zero-order chi connectivity index (χ0) is 10.4. The van der Waals surface area contributed by atoms with Gasteiger partial charge >= 0.3 is 0 Å². The second-order valence-electron chi connectivity index (χ2n) is 2.92. The molecule has 1 rings (SSSR count). The van der Waals surface area contributed by atoms with Crippen molar-refractivity contribution in [1.82, 2.24) is 0 Å². The van der Waals surface area contributed by atoms with E-state index in [9.17, 15) is 4.79 Å². The summed E-state index contributed by atoms with van der Waals surface area (Å²) in [5.74, 6) is -0.0287. The van der Waals surface area contributed by atoms with E-state index < -0.39 is 5.01 Å². The number of ketones is 1. The van der Waals surface area contributed by atoms with E-state index in [0.29, 0.717) is 12.2 Å². The van der Waals surface area contributed by atoms with Gasteiger partial charge in [0, 0.05) is 12.2 Å². The Kier molecular flexibility index (Phi) is 4.84. The molecule has 0 radical (unpaired) electrons. The largest absolute Gasteiger partial charge is 0.359 e. The lowest BCUT2D eigenvalue weighted by atomic mass is 10.1. The number of halogens is 1. The van der Waals surface area contributed by atoms with Crippen molar-refractivity contribution in [2.24, 2.45) is 0 Å². The minimum atomic E-state index is -0.523. The minimum absolute atomic E-state index is 0.0287. The summed E-state index contributed by atoms with van der Waals surface area (Å²) in [6.07, 6.45) is 0.907. The molecule has 0 aliphatic heterocycles. The number of rotatable bonds is 5. The first-order valence-electron chi connectivity index (χ1n) is 4.60. The van der Waals surface area contributed by atoms with Crippen LogP contribution in [-0.4, -0.2) is 17.4 Å². The molecule has 0 bridgehead atoms. The zero-order valence-electron chi connectivity index (χ0n) is 8.07. The van der Waals surface area contributed by atoms with E-state index in [0.717, 1.165) is 6.42 Å². The fourth-order valence-corrected chi connectivity index (χ4v) is 1.48. The summed E-state index contributed by atoms with van der Waals surface area (Å²) in [7, 11) is 0. The molecule has 1 aromatic rings. The normalized spacial score (nSPS) is 12.4. The summed E-state index contributed by atoms with van der Waals surface area (Å²) in [6.45, 7) is 2.60. The van der Waals surface area contributed by atoms with Gasteiger partial charge in [0.2, 0.25) is 5.78 Å². The molecule has 0 N–H and O–H groups in total. The lowest BCUT2D eigenvalue weighted by Crippen LogP contribution is -2.18. The van der Waals surface area contributed by atoms with Gasteiger partial charge in [-0.25, -0.2) is 0 Å². The maximum Gasteiger partial charge on any atom is 0.202 e. The van der Waals surface area contributed by atoms with Crippen molar-refractivity contribution in [3.05, 3.63) is 35.9 Å². The SMILES string of the molecule is CCCOC(Br)C(=O)c1ccccc1. The third-order valence-electron chi connectivity index (χ3n) is 1.73. The Morgan fingerprint density at radius 1 is 1.43 bits per heavy atom. The molecule has 1 unspecified atom stereocenters. The van der Waals surface area contributed by atoms with Crippen molar-refractivity contribution in [3.8, 4) is 0 Å². The maximum absolute atomic E-state index is 11.7. The highest BCUT2D eigenvalue weighted by Crippen LogP contribution is 2.11. The summed E-state index contributed by atoms with van der Waals surface area (Å²) >= 11 is 3.21. The quantitative estimate of drug-likeness (QED) is 0.598. The summed E-state index contributed by atoms with van der Waals surface area (Å²) in [5.41, 5.74) is 0.672. The second kappa shape index (κ2) is 5.94. The Hall–Kier alpha value is -0.670. The van der Waals surface area contributed by atoms with Gasteiger partial charge in [-0.05, 0) is 22.4 Å². The van der Waals surface area contributed by atoms with Crippen molar-refractivity contribution >= 4 is 21.7 Å². The fraction of sp³-hybridized carbons (Fsp3) is 0.364. The second-order valence-corrected chi connectivity index (χ2v) is 3.75. The standard InChI is InChI=1S/C11H13BrO2/c1-2-8-14-11(12)10(13)9-6-4-3-5-7-9/h3-7,11H,2,8H2,1H3. The number of ether oxygens (including phenoxy) is 1. The molecule has 76 valence electrons. The Labute approximate surface area is 92.4 Å². The van der Waals surface area contributed by atoms with E-state index in [1.54, 1.807) is 12.1 Å². The van der Waals surface area contributed by atoms with Crippen molar-refractivity contribution < 1.29 is 9.53 Å². The smallest absolute Gasteiger partial charge is 0.202 e. The average molecular weight is 257 g/mol. The van der Waals surface area contributed by atoms with E-state index in [1.807, 2.05) is 25.1 Å². The molecule has 0 saturated carbocycles. The third-order valence-corrected chi connectivity index (χ3v) is 2.41. The van der Waals surface area contributed by atoms with E-state index >= 15 is 0 Å². The molecule has 1 atom stereocenters. The van der Waals surface area contributed by atoms with Crippen molar-refractivity contribution in [2.45, 2.75) is 18.4 Å². The van der Waals surface area contributed by atoms with Gasteiger partial charge in [0.05, 0.1) is 0 Å². The van der Waals surface area contributed by atoms with E-state index in [4.69, 9.17) is 4.74 Å². The molecule has 0 fully saturated rings. The highest BCUT2D eigenvalue weighted by molar-refractivity contribution is 9.09. The van der Waals surface area contributed by atoms with E-state index in [-0.39, 0.29) is 5.78 Å². The van der Waals surface area contributed by atoms with Gasteiger partial charge in [-0.15, -0.1) is 0 Å². The first-order valence-corrected chi connectivity index (χ1v) is 5.52. The van der Waals surface area contributed by atoms with Crippen LogP contribution in [0, 0.1) is 0 Å². The fourth-order valence-electron chi connectivity index (χ4n) is 1.03. The van der Waals surface area contributed by atoms with Crippen LogP contribution in [0.15, 0.2) is 30.3 Å². The first kappa shape index (κ1) is 11.4. The average Bonchev–Trinajstić information content (AvgIpc) is 2.26. The summed E-state index contributed by atoms with van der Waals surface area (Å²) in [6, 6.07) is 9.13. The molecule has 0 aromatic heterocycles. The van der Waals surface area contributed by atoms with Crippen LogP contribution in [0.3, 0.4) is 0 Å². The van der Waals surface area contributed by atoms with Crippen LogP contribution in [0.1, 0.15) is 23.7 Å². The lowest BCUT2D eigenvalue weighted by Gasteiger charge is -2.09. The molecule has 0 amide bonds. The molecule has 2 nitrogen and oxygen atoms in total. The van der Waals surface area contributed by atoms with Crippen LogP contribution in [0.5, 0.6) is 0 Å². The van der Waals surface area contributed by atoms with Gasteiger partial charge in [0.1, 0.15) is 0 Å². The summed E-state index contributed by atoms with van der Waals surface area (Å²) in [4.78, 5) is 11.7.